The van der Waals surface area contributed by atoms with Crippen LogP contribution in [0.3, 0.4) is 0 Å². The highest BCUT2D eigenvalue weighted by molar-refractivity contribution is 7.99. The van der Waals surface area contributed by atoms with Crippen LogP contribution in [0.4, 0.5) is 5.13 Å². The number of rotatable bonds is 5. The van der Waals surface area contributed by atoms with E-state index in [1.54, 1.807) is 0 Å². The normalized spacial score (nSPS) is 14.7. The van der Waals surface area contributed by atoms with Crippen LogP contribution in [-0.4, -0.2) is 21.2 Å². The van der Waals surface area contributed by atoms with Crippen molar-refractivity contribution in [3.05, 3.63) is 24.3 Å². The molecule has 3 nitrogen and oxygen atoms in total. The minimum Gasteiger partial charge on any atom is -0.358 e. The Balaban J connectivity index is 1.74. The molecule has 1 saturated carbocycles. The Kier molecular flexibility index (Phi) is 3.52. The summed E-state index contributed by atoms with van der Waals surface area (Å²) in [6, 6.07) is 9.10. The maximum Gasteiger partial charge on any atom is 0.203 e. The third-order valence-corrected chi connectivity index (χ3v) is 4.29. The first-order valence-corrected chi connectivity index (χ1v) is 7.94. The van der Waals surface area contributed by atoms with Gasteiger partial charge in [0.2, 0.25) is 5.13 Å². The van der Waals surface area contributed by atoms with Crippen LogP contribution in [0.5, 0.6) is 0 Å². The van der Waals surface area contributed by atoms with E-state index in [1.807, 2.05) is 11.8 Å². The molecule has 1 aliphatic rings. The molecule has 0 unspecified atom stereocenters. The highest BCUT2D eigenvalue weighted by atomic mass is 32.2. The van der Waals surface area contributed by atoms with Crippen molar-refractivity contribution >= 4 is 28.4 Å². The number of aromatic nitrogens is 2. The van der Waals surface area contributed by atoms with Gasteiger partial charge in [-0.05, 0) is 30.7 Å². The lowest BCUT2D eigenvalue weighted by Gasteiger charge is -1.99. The maximum absolute atomic E-state index is 4.53. The minimum atomic E-state index is 0.633. The van der Waals surface area contributed by atoms with Gasteiger partial charge in [-0.15, -0.1) is 11.8 Å². The van der Waals surface area contributed by atoms with Gasteiger partial charge >= 0.3 is 0 Å². The zero-order chi connectivity index (χ0) is 12.4. The predicted octanol–water partition coefficient (Wildman–Crippen LogP) is 3.89. The Morgan fingerprint density at radius 3 is 2.78 bits per heavy atom. The summed E-state index contributed by atoms with van der Waals surface area (Å²) in [6.07, 6.45) is 2.52. The maximum atomic E-state index is 4.53. The quantitative estimate of drug-likeness (QED) is 0.841. The molecule has 1 aromatic carbocycles. The van der Waals surface area contributed by atoms with Crippen molar-refractivity contribution in [3.63, 3.8) is 0 Å². The summed E-state index contributed by atoms with van der Waals surface area (Å²) < 4.78 is 4.40. The molecule has 0 amide bonds. The summed E-state index contributed by atoms with van der Waals surface area (Å²) in [4.78, 5) is 5.82. The van der Waals surface area contributed by atoms with Crippen LogP contribution in [0.15, 0.2) is 29.2 Å². The number of hydrogen-bond acceptors (Lipinski definition) is 5. The molecule has 1 heterocycles. The van der Waals surface area contributed by atoms with E-state index in [1.165, 1.54) is 29.3 Å². The average molecular weight is 277 g/mol. The monoisotopic (exact) mass is 277 g/mol. The Hall–Kier alpha value is -1.07. The lowest BCUT2D eigenvalue weighted by atomic mass is 10.2. The summed E-state index contributed by atoms with van der Waals surface area (Å²) >= 11 is 3.30. The van der Waals surface area contributed by atoms with Crippen molar-refractivity contribution in [1.29, 1.82) is 0 Å². The molecule has 0 radical (unpaired) electrons. The Morgan fingerprint density at radius 2 is 2.11 bits per heavy atom. The van der Waals surface area contributed by atoms with E-state index in [9.17, 15) is 0 Å². The number of nitrogens with one attached hydrogen (secondary N) is 1. The zero-order valence-electron chi connectivity index (χ0n) is 10.2. The molecule has 1 aliphatic carbocycles. The van der Waals surface area contributed by atoms with Crippen molar-refractivity contribution in [3.8, 4) is 11.4 Å². The van der Waals surface area contributed by atoms with Gasteiger partial charge in [0.1, 0.15) is 0 Å². The van der Waals surface area contributed by atoms with Crippen molar-refractivity contribution in [2.75, 3.05) is 11.1 Å². The first-order chi connectivity index (χ1) is 8.85. The lowest BCUT2D eigenvalue weighted by molar-refractivity contribution is 1.14. The SMILES string of the molecule is CCSc1ccc(-c2nsc(NC3CC3)n2)cc1. The van der Waals surface area contributed by atoms with Crippen LogP contribution in [-0.2, 0) is 0 Å². The predicted molar refractivity (Wildman–Crippen MR) is 78.4 cm³/mol. The van der Waals surface area contributed by atoms with Crippen molar-refractivity contribution in [2.45, 2.75) is 30.7 Å². The van der Waals surface area contributed by atoms with Crippen LogP contribution in [0.25, 0.3) is 11.4 Å². The van der Waals surface area contributed by atoms with Crippen LogP contribution in [0.1, 0.15) is 19.8 Å². The van der Waals surface area contributed by atoms with E-state index in [0.29, 0.717) is 6.04 Å². The highest BCUT2D eigenvalue weighted by Gasteiger charge is 2.22. The van der Waals surface area contributed by atoms with Gasteiger partial charge < -0.3 is 5.32 Å². The molecule has 94 valence electrons. The second kappa shape index (κ2) is 5.28. The molecule has 2 aromatic rings. The summed E-state index contributed by atoms with van der Waals surface area (Å²) in [6.45, 7) is 2.16. The number of hydrogen-bond donors (Lipinski definition) is 1. The van der Waals surface area contributed by atoms with Gasteiger partial charge in [-0.25, -0.2) is 0 Å². The van der Waals surface area contributed by atoms with Gasteiger partial charge in [-0.3, -0.25) is 0 Å². The van der Waals surface area contributed by atoms with E-state index >= 15 is 0 Å². The van der Waals surface area contributed by atoms with Crippen LogP contribution in [0, 0.1) is 0 Å². The third-order valence-electron chi connectivity index (χ3n) is 2.75. The fourth-order valence-electron chi connectivity index (χ4n) is 1.67. The first-order valence-electron chi connectivity index (χ1n) is 6.18. The number of thioether (sulfide) groups is 1. The largest absolute Gasteiger partial charge is 0.358 e. The molecule has 0 spiro atoms. The topological polar surface area (TPSA) is 37.8 Å². The van der Waals surface area contributed by atoms with E-state index in [2.05, 4.69) is 45.9 Å². The molecular formula is C13H15N3S2. The Labute approximate surface area is 115 Å². The summed E-state index contributed by atoms with van der Waals surface area (Å²) in [7, 11) is 0. The second-order valence-electron chi connectivity index (χ2n) is 4.30. The summed E-state index contributed by atoms with van der Waals surface area (Å²) in [5.41, 5.74) is 1.09. The lowest BCUT2D eigenvalue weighted by Crippen LogP contribution is -1.99. The minimum absolute atomic E-state index is 0.633. The molecule has 0 aliphatic heterocycles. The Morgan fingerprint density at radius 1 is 1.33 bits per heavy atom. The highest BCUT2D eigenvalue weighted by Crippen LogP contribution is 2.28. The standard InChI is InChI=1S/C13H15N3S2/c1-2-17-11-7-3-9(4-8-11)12-15-13(18-16-12)14-10-5-6-10/h3-4,7-8,10H,2,5-6H2,1H3,(H,14,15,16). The fraction of sp³-hybridized carbons (Fsp3) is 0.385. The number of anilines is 1. The zero-order valence-corrected chi connectivity index (χ0v) is 11.9. The smallest absolute Gasteiger partial charge is 0.203 e. The average Bonchev–Trinajstić information content (AvgIpc) is 3.07. The van der Waals surface area contributed by atoms with Gasteiger partial charge in [0, 0.05) is 28.0 Å². The molecule has 1 aromatic heterocycles. The van der Waals surface area contributed by atoms with Crippen LogP contribution >= 0.6 is 23.3 Å². The molecule has 0 atom stereocenters. The van der Waals surface area contributed by atoms with E-state index in [-0.39, 0.29) is 0 Å². The Bertz CT molecular complexity index is 517. The molecular weight excluding hydrogens is 262 g/mol. The van der Waals surface area contributed by atoms with Crippen LogP contribution in [0.2, 0.25) is 0 Å². The van der Waals surface area contributed by atoms with Gasteiger partial charge in [0.05, 0.1) is 0 Å². The fourth-order valence-corrected chi connectivity index (χ4v) is 3.00. The van der Waals surface area contributed by atoms with Gasteiger partial charge in [0.15, 0.2) is 5.82 Å². The van der Waals surface area contributed by atoms with Gasteiger partial charge in [-0.1, -0.05) is 19.1 Å². The second-order valence-corrected chi connectivity index (χ2v) is 6.39. The summed E-state index contributed by atoms with van der Waals surface area (Å²) in [5, 5.41) is 4.32. The molecule has 18 heavy (non-hydrogen) atoms. The van der Waals surface area contributed by atoms with Gasteiger partial charge in [-0.2, -0.15) is 9.36 Å². The summed E-state index contributed by atoms with van der Waals surface area (Å²) in [5.74, 6) is 1.93. The van der Waals surface area contributed by atoms with E-state index in [4.69, 9.17) is 0 Å². The van der Waals surface area contributed by atoms with Crippen molar-refractivity contribution in [1.82, 2.24) is 9.36 Å². The molecule has 5 heteroatoms. The number of benzene rings is 1. The molecule has 0 saturated heterocycles. The molecule has 0 bridgehead atoms. The molecule has 3 rings (SSSR count). The van der Waals surface area contributed by atoms with Gasteiger partial charge in [0.25, 0.3) is 0 Å². The number of nitrogens with zero attached hydrogens (tertiary/aromatic N) is 2. The molecule has 1 N–H and O–H groups in total. The van der Waals surface area contributed by atoms with Crippen LogP contribution < -0.4 is 5.32 Å². The molecule has 1 fully saturated rings. The van der Waals surface area contributed by atoms with Crippen molar-refractivity contribution in [2.24, 2.45) is 0 Å². The van der Waals surface area contributed by atoms with E-state index < -0.39 is 0 Å². The third kappa shape index (κ3) is 2.84. The first kappa shape index (κ1) is 12.0. The van der Waals surface area contributed by atoms with E-state index in [0.717, 1.165) is 22.3 Å². The van der Waals surface area contributed by atoms with Crippen molar-refractivity contribution < 1.29 is 0 Å².